The molecule has 0 heterocycles. The van der Waals surface area contributed by atoms with E-state index in [0.29, 0.717) is 0 Å². The summed E-state index contributed by atoms with van der Waals surface area (Å²) in [5.74, 6) is 0.258. The first-order valence-electron chi connectivity index (χ1n) is 6.12. The summed E-state index contributed by atoms with van der Waals surface area (Å²) in [6, 6.07) is -0.0708. The van der Waals surface area contributed by atoms with Gasteiger partial charge < -0.3 is 11.1 Å². The van der Waals surface area contributed by atoms with Gasteiger partial charge >= 0.3 is 0 Å². The molecule has 3 unspecified atom stereocenters. The van der Waals surface area contributed by atoms with E-state index < -0.39 is 0 Å². The van der Waals surface area contributed by atoms with Gasteiger partial charge in [-0.05, 0) is 18.8 Å². The van der Waals surface area contributed by atoms with Crippen LogP contribution in [0.5, 0.6) is 0 Å². The van der Waals surface area contributed by atoms with Gasteiger partial charge in [0.05, 0.1) is 6.04 Å². The molecule has 3 heteroatoms. The van der Waals surface area contributed by atoms with Crippen LogP contribution in [0.15, 0.2) is 0 Å². The Kier molecular flexibility index (Phi) is 7.39. The summed E-state index contributed by atoms with van der Waals surface area (Å²) < 4.78 is 0. The molecule has 0 radical (unpaired) electrons. The number of nitrogens with two attached hydrogens (primary N) is 1. The third-order valence-corrected chi connectivity index (χ3v) is 3.04. The molecule has 1 amide bonds. The van der Waals surface area contributed by atoms with Crippen LogP contribution in [0.1, 0.15) is 53.4 Å². The Morgan fingerprint density at radius 3 is 2.27 bits per heavy atom. The number of rotatable bonds is 7. The molecule has 0 aliphatic rings. The first-order chi connectivity index (χ1) is 7.06. The van der Waals surface area contributed by atoms with E-state index in [1.165, 1.54) is 0 Å². The van der Waals surface area contributed by atoms with Crippen LogP contribution in [0.4, 0.5) is 0 Å². The molecule has 0 spiro atoms. The maximum absolute atomic E-state index is 11.8. The molecule has 0 aromatic carbocycles. The maximum Gasteiger partial charge on any atom is 0.237 e. The molecule has 90 valence electrons. The van der Waals surface area contributed by atoms with Crippen LogP contribution in [-0.2, 0) is 4.79 Å². The highest BCUT2D eigenvalue weighted by molar-refractivity contribution is 5.82. The normalized spacial score (nSPS) is 16.9. The molecule has 0 aliphatic carbocycles. The molecule has 15 heavy (non-hydrogen) atoms. The van der Waals surface area contributed by atoms with E-state index in [0.717, 1.165) is 25.7 Å². The minimum Gasteiger partial charge on any atom is -0.352 e. The SMILES string of the molecule is CCCC(CC)NC(=O)C(N)C(C)CC. The first kappa shape index (κ1) is 14.4. The standard InChI is InChI=1S/C12H26N2O/c1-5-8-10(7-3)14-12(15)11(13)9(4)6-2/h9-11H,5-8,13H2,1-4H3,(H,14,15). The fourth-order valence-corrected chi connectivity index (χ4v) is 1.54. The van der Waals surface area contributed by atoms with Crippen molar-refractivity contribution in [3.8, 4) is 0 Å². The zero-order chi connectivity index (χ0) is 11.8. The van der Waals surface area contributed by atoms with Crippen molar-refractivity contribution < 1.29 is 4.79 Å². The van der Waals surface area contributed by atoms with Gasteiger partial charge in [-0.3, -0.25) is 4.79 Å². The quantitative estimate of drug-likeness (QED) is 0.681. The third kappa shape index (κ3) is 5.17. The van der Waals surface area contributed by atoms with Gasteiger partial charge in [-0.25, -0.2) is 0 Å². The van der Waals surface area contributed by atoms with Gasteiger partial charge in [-0.1, -0.05) is 40.5 Å². The van der Waals surface area contributed by atoms with Crippen molar-refractivity contribution in [3.05, 3.63) is 0 Å². The van der Waals surface area contributed by atoms with E-state index >= 15 is 0 Å². The van der Waals surface area contributed by atoms with Crippen molar-refractivity contribution in [2.45, 2.75) is 65.5 Å². The summed E-state index contributed by atoms with van der Waals surface area (Å²) >= 11 is 0. The van der Waals surface area contributed by atoms with Crippen molar-refractivity contribution in [2.24, 2.45) is 11.7 Å². The summed E-state index contributed by atoms with van der Waals surface area (Å²) in [4.78, 5) is 11.8. The predicted octanol–water partition coefficient (Wildman–Crippen LogP) is 2.05. The second-order valence-corrected chi connectivity index (χ2v) is 4.31. The average Bonchev–Trinajstić information content (AvgIpc) is 2.26. The molecule has 3 nitrogen and oxygen atoms in total. The van der Waals surface area contributed by atoms with Crippen LogP contribution in [0.3, 0.4) is 0 Å². The van der Waals surface area contributed by atoms with E-state index in [4.69, 9.17) is 5.73 Å². The summed E-state index contributed by atoms with van der Waals surface area (Å²) in [7, 11) is 0. The van der Waals surface area contributed by atoms with E-state index in [1.54, 1.807) is 0 Å². The Hall–Kier alpha value is -0.570. The number of carbonyl (C=O) groups excluding carboxylic acids is 1. The average molecular weight is 214 g/mol. The number of hydrogen-bond acceptors (Lipinski definition) is 2. The number of amides is 1. The van der Waals surface area contributed by atoms with Gasteiger partial charge in [0, 0.05) is 6.04 Å². The van der Waals surface area contributed by atoms with Crippen LogP contribution in [0.2, 0.25) is 0 Å². The van der Waals surface area contributed by atoms with Gasteiger partial charge in [0.1, 0.15) is 0 Å². The minimum absolute atomic E-state index is 0.00431. The van der Waals surface area contributed by atoms with Gasteiger partial charge in [0.15, 0.2) is 0 Å². The Morgan fingerprint density at radius 1 is 1.27 bits per heavy atom. The van der Waals surface area contributed by atoms with Crippen molar-refractivity contribution in [3.63, 3.8) is 0 Å². The zero-order valence-electron chi connectivity index (χ0n) is 10.5. The molecule has 0 fully saturated rings. The third-order valence-electron chi connectivity index (χ3n) is 3.04. The largest absolute Gasteiger partial charge is 0.352 e. The lowest BCUT2D eigenvalue weighted by molar-refractivity contribution is -0.124. The highest BCUT2D eigenvalue weighted by Crippen LogP contribution is 2.07. The zero-order valence-corrected chi connectivity index (χ0v) is 10.5. The molecule has 3 atom stereocenters. The van der Waals surface area contributed by atoms with Crippen LogP contribution >= 0.6 is 0 Å². The summed E-state index contributed by atoms with van der Waals surface area (Å²) in [5.41, 5.74) is 5.86. The van der Waals surface area contributed by atoms with Crippen molar-refractivity contribution in [2.75, 3.05) is 0 Å². The number of carbonyl (C=O) groups is 1. The predicted molar refractivity (Wildman–Crippen MR) is 64.6 cm³/mol. The smallest absolute Gasteiger partial charge is 0.237 e. The molecule has 0 aliphatic heterocycles. The fourth-order valence-electron chi connectivity index (χ4n) is 1.54. The van der Waals surface area contributed by atoms with Crippen molar-refractivity contribution >= 4 is 5.91 Å². The molecule has 0 saturated carbocycles. The second-order valence-electron chi connectivity index (χ2n) is 4.31. The Morgan fingerprint density at radius 2 is 1.87 bits per heavy atom. The molecule has 0 rings (SSSR count). The topological polar surface area (TPSA) is 55.1 Å². The van der Waals surface area contributed by atoms with E-state index in [1.807, 2.05) is 6.92 Å². The van der Waals surface area contributed by atoms with E-state index in [-0.39, 0.29) is 23.9 Å². The molecule has 0 saturated heterocycles. The summed E-state index contributed by atoms with van der Waals surface area (Å²) in [6.07, 6.45) is 4.05. The first-order valence-corrected chi connectivity index (χ1v) is 6.12. The van der Waals surface area contributed by atoms with Crippen LogP contribution in [0.25, 0.3) is 0 Å². The number of nitrogens with one attached hydrogen (secondary N) is 1. The van der Waals surface area contributed by atoms with Crippen LogP contribution < -0.4 is 11.1 Å². The van der Waals surface area contributed by atoms with Gasteiger partial charge in [-0.2, -0.15) is 0 Å². The lowest BCUT2D eigenvalue weighted by Crippen LogP contribution is -2.48. The highest BCUT2D eigenvalue weighted by Gasteiger charge is 2.20. The molecule has 0 bridgehead atoms. The molecule has 0 aromatic heterocycles. The van der Waals surface area contributed by atoms with Crippen molar-refractivity contribution in [1.29, 1.82) is 0 Å². The lowest BCUT2D eigenvalue weighted by Gasteiger charge is -2.22. The van der Waals surface area contributed by atoms with Gasteiger partial charge in [0.25, 0.3) is 0 Å². The Labute approximate surface area is 93.8 Å². The van der Waals surface area contributed by atoms with Gasteiger partial charge in [-0.15, -0.1) is 0 Å². The minimum atomic E-state index is -0.360. The Bertz CT molecular complexity index is 182. The van der Waals surface area contributed by atoms with E-state index in [9.17, 15) is 4.79 Å². The van der Waals surface area contributed by atoms with Gasteiger partial charge in [0.2, 0.25) is 5.91 Å². The fraction of sp³-hybridized carbons (Fsp3) is 0.917. The highest BCUT2D eigenvalue weighted by atomic mass is 16.2. The molecular weight excluding hydrogens is 188 g/mol. The van der Waals surface area contributed by atoms with E-state index in [2.05, 4.69) is 26.1 Å². The monoisotopic (exact) mass is 214 g/mol. The second kappa shape index (κ2) is 7.69. The molecule has 3 N–H and O–H groups in total. The maximum atomic E-state index is 11.8. The lowest BCUT2D eigenvalue weighted by atomic mass is 9.98. The number of hydrogen-bond donors (Lipinski definition) is 2. The molecule has 0 aromatic rings. The van der Waals surface area contributed by atoms with Crippen LogP contribution in [0, 0.1) is 5.92 Å². The Balaban J connectivity index is 4.09. The molecular formula is C12H26N2O. The summed E-state index contributed by atoms with van der Waals surface area (Å²) in [5, 5.41) is 3.02. The van der Waals surface area contributed by atoms with Crippen molar-refractivity contribution in [1.82, 2.24) is 5.32 Å². The van der Waals surface area contributed by atoms with Crippen LogP contribution in [-0.4, -0.2) is 18.0 Å². The summed E-state index contributed by atoms with van der Waals surface area (Å²) in [6.45, 7) is 8.30.